The number of hydrogen-bond donors (Lipinski definition) is 1. The zero-order chi connectivity index (χ0) is 10.0. The maximum absolute atomic E-state index is 10.5. The summed E-state index contributed by atoms with van der Waals surface area (Å²) in [5.74, 6) is -1.31. The second kappa shape index (κ2) is 4.26. The van der Waals surface area contributed by atoms with Crippen LogP contribution in [0, 0.1) is 5.92 Å². The number of aliphatic carboxylic acids is 1. The third-order valence-corrected chi connectivity index (χ3v) is 3.14. The lowest BCUT2D eigenvalue weighted by Crippen LogP contribution is -2.11. The molecule has 1 heterocycles. The highest BCUT2D eigenvalue weighted by atomic mass is 35.5. The van der Waals surface area contributed by atoms with Crippen LogP contribution in [0.25, 0.3) is 0 Å². The lowest BCUT2D eigenvalue weighted by molar-refractivity contribution is -0.141. The lowest BCUT2D eigenvalue weighted by atomic mass is 10.1. The van der Waals surface area contributed by atoms with Crippen molar-refractivity contribution in [1.29, 1.82) is 0 Å². The van der Waals surface area contributed by atoms with Crippen molar-refractivity contribution < 1.29 is 9.90 Å². The van der Waals surface area contributed by atoms with E-state index < -0.39 is 11.9 Å². The number of aromatic nitrogens is 1. The minimum Gasteiger partial charge on any atom is -0.481 e. The molecule has 0 fully saturated rings. The van der Waals surface area contributed by atoms with Crippen LogP contribution in [0.4, 0.5) is 0 Å². The van der Waals surface area contributed by atoms with Crippen LogP contribution in [0.5, 0.6) is 0 Å². The van der Waals surface area contributed by atoms with Gasteiger partial charge < -0.3 is 5.11 Å². The topological polar surface area (TPSA) is 50.2 Å². The summed E-state index contributed by atoms with van der Waals surface area (Å²) in [4.78, 5) is 15.0. The van der Waals surface area contributed by atoms with Gasteiger partial charge in [0.2, 0.25) is 0 Å². The largest absolute Gasteiger partial charge is 0.481 e. The number of hydrogen-bond acceptors (Lipinski definition) is 3. The fraction of sp³-hybridized carbons (Fsp3) is 0.429. The van der Waals surface area contributed by atoms with Crippen LogP contribution in [0.2, 0.25) is 9.62 Å². The molecule has 1 rings (SSSR count). The van der Waals surface area contributed by atoms with E-state index in [9.17, 15) is 4.79 Å². The maximum atomic E-state index is 10.5. The maximum Gasteiger partial charge on any atom is 0.306 e. The van der Waals surface area contributed by atoms with E-state index in [1.807, 2.05) is 0 Å². The number of thiazole rings is 1. The molecule has 1 unspecified atom stereocenters. The van der Waals surface area contributed by atoms with Crippen molar-refractivity contribution in [2.75, 3.05) is 0 Å². The Bertz CT molecular complexity index is 326. The van der Waals surface area contributed by atoms with Crippen molar-refractivity contribution in [2.45, 2.75) is 13.3 Å². The van der Waals surface area contributed by atoms with E-state index >= 15 is 0 Å². The van der Waals surface area contributed by atoms with E-state index in [0.717, 1.165) is 4.88 Å². The number of carboxylic acids is 1. The van der Waals surface area contributed by atoms with Crippen molar-refractivity contribution in [3.8, 4) is 0 Å². The number of carbonyl (C=O) groups is 1. The van der Waals surface area contributed by atoms with Crippen LogP contribution in [-0.2, 0) is 11.2 Å². The van der Waals surface area contributed by atoms with Gasteiger partial charge in [-0.25, -0.2) is 4.98 Å². The average molecular weight is 240 g/mol. The highest BCUT2D eigenvalue weighted by Gasteiger charge is 2.16. The van der Waals surface area contributed by atoms with Gasteiger partial charge in [-0.3, -0.25) is 4.79 Å². The molecular formula is C7H7Cl2NO2S. The first-order valence-corrected chi connectivity index (χ1v) is 5.11. The van der Waals surface area contributed by atoms with Crippen LogP contribution in [0.1, 0.15) is 11.8 Å². The first-order chi connectivity index (χ1) is 6.00. The molecule has 0 aliphatic rings. The smallest absolute Gasteiger partial charge is 0.306 e. The monoisotopic (exact) mass is 239 g/mol. The molecule has 0 radical (unpaired) electrons. The standard InChI is InChI=1S/C7H7Cl2NO2S/c1-3(6(11)12)2-4-5(8)10-7(9)13-4/h3H,2H2,1H3,(H,11,12). The van der Waals surface area contributed by atoms with Gasteiger partial charge in [0, 0.05) is 4.88 Å². The van der Waals surface area contributed by atoms with Gasteiger partial charge in [0.25, 0.3) is 0 Å². The zero-order valence-corrected chi connectivity index (χ0v) is 9.08. The van der Waals surface area contributed by atoms with E-state index in [-0.39, 0.29) is 0 Å². The molecule has 0 aliphatic heterocycles. The van der Waals surface area contributed by atoms with Gasteiger partial charge in [0.05, 0.1) is 5.92 Å². The quantitative estimate of drug-likeness (QED) is 0.883. The van der Waals surface area contributed by atoms with Gasteiger partial charge in [-0.2, -0.15) is 0 Å². The van der Waals surface area contributed by atoms with Crippen molar-refractivity contribution in [3.05, 3.63) is 14.5 Å². The minimum atomic E-state index is -0.847. The lowest BCUT2D eigenvalue weighted by Gasteiger charge is -2.02. The minimum absolute atomic E-state index is 0.308. The summed E-state index contributed by atoms with van der Waals surface area (Å²) in [5, 5.41) is 8.96. The summed E-state index contributed by atoms with van der Waals surface area (Å²) >= 11 is 12.5. The Hall–Kier alpha value is -0.320. The molecule has 13 heavy (non-hydrogen) atoms. The van der Waals surface area contributed by atoms with Crippen LogP contribution >= 0.6 is 34.5 Å². The molecule has 0 amide bonds. The van der Waals surface area contributed by atoms with Crippen molar-refractivity contribution in [1.82, 2.24) is 4.98 Å². The van der Waals surface area contributed by atoms with Gasteiger partial charge in [0.1, 0.15) is 5.15 Å². The molecule has 0 bridgehead atoms. The van der Waals surface area contributed by atoms with Gasteiger partial charge >= 0.3 is 5.97 Å². The molecule has 0 aromatic carbocycles. The Kier molecular flexibility index (Phi) is 3.53. The molecule has 1 atom stereocenters. The Balaban J connectivity index is 2.74. The first-order valence-electron chi connectivity index (χ1n) is 3.54. The molecule has 1 N–H and O–H groups in total. The number of carboxylic acid groups (broad SMARTS) is 1. The van der Waals surface area contributed by atoms with E-state index in [1.165, 1.54) is 11.3 Å². The summed E-state index contributed by atoms with van der Waals surface area (Å²) in [7, 11) is 0. The molecule has 0 saturated carbocycles. The Morgan fingerprint density at radius 2 is 2.31 bits per heavy atom. The second-order valence-electron chi connectivity index (χ2n) is 2.62. The summed E-state index contributed by atoms with van der Waals surface area (Å²) in [6.07, 6.45) is 0.374. The third kappa shape index (κ3) is 2.83. The molecule has 1 aromatic heterocycles. The normalized spacial score (nSPS) is 12.8. The molecule has 72 valence electrons. The zero-order valence-electron chi connectivity index (χ0n) is 6.75. The van der Waals surface area contributed by atoms with Crippen molar-refractivity contribution in [3.63, 3.8) is 0 Å². The molecular weight excluding hydrogens is 233 g/mol. The van der Waals surface area contributed by atoms with Gasteiger partial charge in [-0.15, -0.1) is 11.3 Å². The second-order valence-corrected chi connectivity index (χ2v) is 4.65. The van der Waals surface area contributed by atoms with Gasteiger partial charge in [0.15, 0.2) is 4.47 Å². The Labute approximate surface area is 89.3 Å². The summed E-state index contributed by atoms with van der Waals surface area (Å²) in [6, 6.07) is 0. The highest BCUT2D eigenvalue weighted by Crippen LogP contribution is 2.28. The first kappa shape index (κ1) is 10.8. The fourth-order valence-electron chi connectivity index (χ4n) is 0.797. The van der Waals surface area contributed by atoms with Crippen LogP contribution in [-0.4, -0.2) is 16.1 Å². The number of nitrogens with zero attached hydrogens (tertiary/aromatic N) is 1. The molecule has 1 aromatic rings. The van der Waals surface area contributed by atoms with E-state index in [2.05, 4.69) is 4.98 Å². The predicted molar refractivity (Wildman–Crippen MR) is 52.6 cm³/mol. The van der Waals surface area contributed by atoms with Crippen LogP contribution in [0.15, 0.2) is 0 Å². The van der Waals surface area contributed by atoms with Crippen LogP contribution < -0.4 is 0 Å². The predicted octanol–water partition coefficient (Wildman–Crippen LogP) is 2.71. The summed E-state index contributed by atoms with van der Waals surface area (Å²) in [5.41, 5.74) is 0. The van der Waals surface area contributed by atoms with Crippen molar-refractivity contribution in [2.24, 2.45) is 5.92 Å². The van der Waals surface area contributed by atoms with Crippen LogP contribution in [0.3, 0.4) is 0 Å². The van der Waals surface area contributed by atoms with E-state index in [0.29, 0.717) is 16.0 Å². The Morgan fingerprint density at radius 3 is 2.69 bits per heavy atom. The third-order valence-electron chi connectivity index (χ3n) is 1.54. The van der Waals surface area contributed by atoms with Gasteiger partial charge in [-0.05, 0) is 6.42 Å². The molecule has 0 saturated heterocycles. The molecule has 3 nitrogen and oxygen atoms in total. The molecule has 6 heteroatoms. The average Bonchev–Trinajstić information content (AvgIpc) is 2.30. The van der Waals surface area contributed by atoms with E-state index in [1.54, 1.807) is 6.92 Å². The number of halogens is 2. The van der Waals surface area contributed by atoms with Gasteiger partial charge in [-0.1, -0.05) is 30.1 Å². The summed E-state index contributed by atoms with van der Waals surface area (Å²) < 4.78 is 0.345. The SMILES string of the molecule is CC(Cc1sc(Cl)nc1Cl)C(=O)O. The van der Waals surface area contributed by atoms with Crippen molar-refractivity contribution >= 4 is 40.5 Å². The number of rotatable bonds is 3. The Morgan fingerprint density at radius 1 is 1.69 bits per heavy atom. The highest BCUT2D eigenvalue weighted by molar-refractivity contribution is 7.16. The molecule has 0 spiro atoms. The fourth-order valence-corrected chi connectivity index (χ4v) is 2.34. The molecule has 0 aliphatic carbocycles. The van der Waals surface area contributed by atoms with E-state index in [4.69, 9.17) is 28.3 Å². The summed E-state index contributed by atoms with van der Waals surface area (Å²) in [6.45, 7) is 1.62.